The molecule has 11 heavy (non-hydrogen) atoms. The van der Waals surface area contributed by atoms with Crippen LogP contribution in [0.4, 0.5) is 0 Å². The quantitative estimate of drug-likeness (QED) is 0.628. The van der Waals surface area contributed by atoms with E-state index >= 15 is 0 Å². The van der Waals surface area contributed by atoms with Crippen LogP contribution in [-0.2, 0) is 12.8 Å². The number of H-pyrrole nitrogens is 1. The van der Waals surface area contributed by atoms with Crippen LogP contribution in [0.2, 0.25) is 0 Å². The van der Waals surface area contributed by atoms with Gasteiger partial charge in [-0.3, -0.25) is 0 Å². The first-order valence-electron chi connectivity index (χ1n) is 4.23. The molecule has 1 aliphatic carbocycles. The van der Waals surface area contributed by atoms with Crippen LogP contribution in [-0.4, -0.2) is 4.98 Å². The molecule has 0 aliphatic heterocycles. The molecule has 1 aromatic rings. The first-order chi connectivity index (χ1) is 5.40. The van der Waals surface area contributed by atoms with Crippen LogP contribution in [0.15, 0.2) is 12.6 Å². The molecule has 1 heteroatoms. The molecule has 1 aliphatic rings. The van der Waals surface area contributed by atoms with Gasteiger partial charge in [-0.15, -0.1) is 0 Å². The van der Waals surface area contributed by atoms with Crippen molar-refractivity contribution in [3.63, 3.8) is 0 Å². The van der Waals surface area contributed by atoms with Crippen molar-refractivity contribution >= 4 is 6.08 Å². The summed E-state index contributed by atoms with van der Waals surface area (Å²) < 4.78 is 0. The average molecular weight is 147 g/mol. The fourth-order valence-electron chi connectivity index (χ4n) is 1.74. The molecular weight excluding hydrogens is 134 g/mol. The second-order valence-electron chi connectivity index (χ2n) is 3.14. The highest BCUT2D eigenvalue weighted by Crippen LogP contribution is 2.21. The Labute approximate surface area is 67.1 Å². The van der Waals surface area contributed by atoms with E-state index in [4.69, 9.17) is 0 Å². The summed E-state index contributed by atoms with van der Waals surface area (Å²) in [6, 6.07) is 2.22. The maximum absolute atomic E-state index is 3.74. The Hall–Kier alpha value is -0.980. The van der Waals surface area contributed by atoms with Crippen molar-refractivity contribution in [2.45, 2.75) is 25.7 Å². The number of hydrogen-bond donors (Lipinski definition) is 1. The summed E-state index contributed by atoms with van der Waals surface area (Å²) in [4.78, 5) is 3.37. The van der Waals surface area contributed by atoms with Crippen LogP contribution in [0.3, 0.4) is 0 Å². The van der Waals surface area contributed by atoms with Crippen molar-refractivity contribution in [3.05, 3.63) is 29.6 Å². The third-order valence-electron chi connectivity index (χ3n) is 2.36. The lowest BCUT2D eigenvalue weighted by atomic mass is 9.98. The van der Waals surface area contributed by atoms with Gasteiger partial charge >= 0.3 is 0 Å². The molecule has 0 fully saturated rings. The SMILES string of the molecule is C=Cc1cc2c([nH]1)CCCC2. The van der Waals surface area contributed by atoms with E-state index in [-0.39, 0.29) is 0 Å². The average Bonchev–Trinajstić information content (AvgIpc) is 2.46. The minimum Gasteiger partial charge on any atom is -0.359 e. The molecule has 0 amide bonds. The van der Waals surface area contributed by atoms with Gasteiger partial charge in [0.25, 0.3) is 0 Å². The Balaban J connectivity index is 2.39. The van der Waals surface area contributed by atoms with Gasteiger partial charge in [-0.05, 0) is 43.4 Å². The van der Waals surface area contributed by atoms with Gasteiger partial charge in [-0.1, -0.05) is 6.58 Å². The lowest BCUT2D eigenvalue weighted by Gasteiger charge is -2.08. The summed E-state index contributed by atoms with van der Waals surface area (Å²) in [7, 11) is 0. The van der Waals surface area contributed by atoms with E-state index in [1.165, 1.54) is 42.6 Å². The number of aromatic amines is 1. The van der Waals surface area contributed by atoms with Crippen LogP contribution in [0.25, 0.3) is 6.08 Å². The third-order valence-corrected chi connectivity index (χ3v) is 2.36. The van der Waals surface area contributed by atoms with Crippen LogP contribution in [0.1, 0.15) is 29.8 Å². The lowest BCUT2D eigenvalue weighted by Crippen LogP contribution is -1.99. The summed E-state index contributed by atoms with van der Waals surface area (Å²) in [6.07, 6.45) is 7.05. The summed E-state index contributed by atoms with van der Waals surface area (Å²) in [6.45, 7) is 3.74. The topological polar surface area (TPSA) is 15.8 Å². The van der Waals surface area contributed by atoms with E-state index < -0.39 is 0 Å². The van der Waals surface area contributed by atoms with Crippen molar-refractivity contribution < 1.29 is 0 Å². The first-order valence-corrected chi connectivity index (χ1v) is 4.23. The number of rotatable bonds is 1. The molecule has 0 aromatic carbocycles. The molecule has 1 aromatic heterocycles. The van der Waals surface area contributed by atoms with Crippen LogP contribution in [0.5, 0.6) is 0 Å². The third kappa shape index (κ3) is 1.11. The lowest BCUT2D eigenvalue weighted by molar-refractivity contribution is 0.677. The predicted molar refractivity (Wildman–Crippen MR) is 47.5 cm³/mol. The molecule has 1 nitrogen and oxygen atoms in total. The molecule has 1 N–H and O–H groups in total. The number of hydrogen-bond acceptors (Lipinski definition) is 0. The highest BCUT2D eigenvalue weighted by molar-refractivity contribution is 5.46. The van der Waals surface area contributed by atoms with Crippen molar-refractivity contribution in [2.24, 2.45) is 0 Å². The van der Waals surface area contributed by atoms with Crippen LogP contribution >= 0.6 is 0 Å². The Morgan fingerprint density at radius 1 is 1.36 bits per heavy atom. The first kappa shape index (κ1) is 6.71. The number of aromatic nitrogens is 1. The zero-order chi connectivity index (χ0) is 7.68. The summed E-state index contributed by atoms with van der Waals surface area (Å²) in [5.41, 5.74) is 4.12. The fourth-order valence-corrected chi connectivity index (χ4v) is 1.74. The smallest absolute Gasteiger partial charge is 0.0379 e. The second-order valence-corrected chi connectivity index (χ2v) is 3.14. The summed E-state index contributed by atoms with van der Waals surface area (Å²) >= 11 is 0. The molecule has 0 bridgehead atoms. The van der Waals surface area contributed by atoms with Gasteiger partial charge in [-0.2, -0.15) is 0 Å². The van der Waals surface area contributed by atoms with Crippen molar-refractivity contribution in [1.82, 2.24) is 4.98 Å². The van der Waals surface area contributed by atoms with Gasteiger partial charge in [0.05, 0.1) is 0 Å². The van der Waals surface area contributed by atoms with Gasteiger partial charge in [-0.25, -0.2) is 0 Å². The molecule has 2 rings (SSSR count). The molecule has 0 radical (unpaired) electrons. The predicted octanol–water partition coefficient (Wildman–Crippen LogP) is 2.54. The molecule has 0 unspecified atom stereocenters. The zero-order valence-corrected chi connectivity index (χ0v) is 6.69. The Kier molecular flexibility index (Phi) is 1.57. The fraction of sp³-hybridized carbons (Fsp3) is 0.400. The molecular formula is C10H13N. The van der Waals surface area contributed by atoms with Gasteiger partial charge in [0.1, 0.15) is 0 Å². The van der Waals surface area contributed by atoms with E-state index in [0.29, 0.717) is 0 Å². The zero-order valence-electron chi connectivity index (χ0n) is 6.69. The van der Waals surface area contributed by atoms with Gasteiger partial charge in [0, 0.05) is 11.4 Å². The summed E-state index contributed by atoms with van der Waals surface area (Å²) in [5, 5.41) is 0. The summed E-state index contributed by atoms with van der Waals surface area (Å²) in [5.74, 6) is 0. The van der Waals surface area contributed by atoms with Gasteiger partial charge in [0.2, 0.25) is 0 Å². The van der Waals surface area contributed by atoms with Crippen molar-refractivity contribution in [3.8, 4) is 0 Å². The number of fused-ring (bicyclic) bond motifs is 1. The van der Waals surface area contributed by atoms with E-state index in [0.717, 1.165) is 0 Å². The maximum Gasteiger partial charge on any atom is 0.0379 e. The minimum atomic E-state index is 1.18. The molecule has 0 saturated heterocycles. The molecule has 0 spiro atoms. The molecule has 0 atom stereocenters. The van der Waals surface area contributed by atoms with Crippen LogP contribution in [0, 0.1) is 0 Å². The standard InChI is InChI=1S/C10H13N/c1-2-9-7-8-5-3-4-6-10(8)11-9/h2,7,11H,1,3-6H2. The van der Waals surface area contributed by atoms with E-state index in [1.54, 1.807) is 0 Å². The molecule has 0 saturated carbocycles. The maximum atomic E-state index is 3.74. The van der Waals surface area contributed by atoms with E-state index in [2.05, 4.69) is 17.6 Å². The minimum absolute atomic E-state index is 1.18. The number of aryl methyl sites for hydroxylation is 2. The highest BCUT2D eigenvalue weighted by atomic mass is 14.7. The second kappa shape index (κ2) is 2.57. The van der Waals surface area contributed by atoms with Gasteiger partial charge < -0.3 is 4.98 Å². The molecule has 1 heterocycles. The van der Waals surface area contributed by atoms with Crippen LogP contribution < -0.4 is 0 Å². The van der Waals surface area contributed by atoms with Crippen molar-refractivity contribution in [1.29, 1.82) is 0 Å². The Morgan fingerprint density at radius 2 is 2.18 bits per heavy atom. The molecule has 58 valence electrons. The van der Waals surface area contributed by atoms with E-state index in [9.17, 15) is 0 Å². The Bertz CT molecular complexity index is 247. The van der Waals surface area contributed by atoms with E-state index in [1.807, 2.05) is 6.08 Å². The van der Waals surface area contributed by atoms with Crippen molar-refractivity contribution in [2.75, 3.05) is 0 Å². The number of nitrogens with one attached hydrogen (secondary N) is 1. The largest absolute Gasteiger partial charge is 0.359 e. The normalized spacial score (nSPS) is 16.0. The highest BCUT2D eigenvalue weighted by Gasteiger charge is 2.10. The monoisotopic (exact) mass is 147 g/mol. The van der Waals surface area contributed by atoms with Gasteiger partial charge in [0.15, 0.2) is 0 Å². The Morgan fingerprint density at radius 3 is 2.91 bits per heavy atom.